The fourth-order valence-electron chi connectivity index (χ4n) is 3.19. The normalized spacial score (nSPS) is 30.1. The van der Waals surface area contributed by atoms with E-state index in [0.717, 1.165) is 17.0 Å². The molecule has 2 aliphatic carbocycles. The van der Waals surface area contributed by atoms with Gasteiger partial charge in [0.1, 0.15) is 0 Å². The lowest BCUT2D eigenvalue weighted by Crippen LogP contribution is -2.42. The maximum atomic E-state index is 6.05. The summed E-state index contributed by atoms with van der Waals surface area (Å²) in [5, 5.41) is 4.60. The fraction of sp³-hybridized carbons (Fsp3) is 0.529. The van der Waals surface area contributed by atoms with Crippen LogP contribution in [0.1, 0.15) is 43.6 Å². The smallest absolute Gasteiger partial charge is 0.0408 e. The first-order valence-corrected chi connectivity index (χ1v) is 7.83. The number of benzene rings is 1. The number of hydrogen-bond donors (Lipinski definition) is 1. The molecule has 1 N–H and O–H groups in total. The summed E-state index contributed by atoms with van der Waals surface area (Å²) in [7, 11) is 0. The molecule has 102 valence electrons. The number of nitrogens with one attached hydrogen (secondary N) is 1. The lowest BCUT2D eigenvalue weighted by Gasteiger charge is -2.37. The monoisotopic (exact) mass is 275 g/mol. The fourth-order valence-corrected chi connectivity index (χ4v) is 3.39. The van der Waals surface area contributed by atoms with E-state index in [9.17, 15) is 0 Å². The van der Waals surface area contributed by atoms with Crippen molar-refractivity contribution in [2.24, 2.45) is 5.92 Å². The Morgan fingerprint density at radius 3 is 2.84 bits per heavy atom. The van der Waals surface area contributed by atoms with Crippen molar-refractivity contribution in [2.75, 3.05) is 6.54 Å². The van der Waals surface area contributed by atoms with Crippen LogP contribution in [0.4, 0.5) is 0 Å². The summed E-state index contributed by atoms with van der Waals surface area (Å²) in [6.45, 7) is 1.19. The van der Waals surface area contributed by atoms with E-state index in [4.69, 9.17) is 11.6 Å². The second-order valence-corrected chi connectivity index (χ2v) is 6.42. The highest BCUT2D eigenvalue weighted by atomic mass is 35.5. The molecule has 1 nitrogen and oxygen atoms in total. The Morgan fingerprint density at radius 1 is 1.21 bits per heavy atom. The highest BCUT2D eigenvalue weighted by Crippen LogP contribution is 2.37. The average molecular weight is 276 g/mol. The van der Waals surface area contributed by atoms with Crippen LogP contribution in [0.3, 0.4) is 0 Å². The average Bonchev–Trinajstić information content (AvgIpc) is 2.38. The first kappa shape index (κ1) is 13.2. The van der Waals surface area contributed by atoms with Gasteiger partial charge in [-0.3, -0.25) is 0 Å². The molecule has 0 saturated heterocycles. The molecule has 0 amide bonds. The van der Waals surface area contributed by atoms with Crippen LogP contribution in [0.2, 0.25) is 5.02 Å². The molecule has 0 aliphatic heterocycles. The van der Waals surface area contributed by atoms with Gasteiger partial charge in [-0.1, -0.05) is 35.9 Å². The van der Waals surface area contributed by atoms with Crippen LogP contribution in [0.25, 0.3) is 0 Å². The van der Waals surface area contributed by atoms with Crippen LogP contribution in [0, 0.1) is 5.92 Å². The molecule has 2 heteroatoms. The van der Waals surface area contributed by atoms with Crippen LogP contribution < -0.4 is 5.32 Å². The number of allylic oxidation sites excluding steroid dienone is 2. The van der Waals surface area contributed by atoms with Crippen LogP contribution in [-0.2, 0) is 0 Å². The molecule has 2 aliphatic rings. The molecular weight excluding hydrogens is 254 g/mol. The molecule has 0 radical (unpaired) electrons. The number of hydrogen-bond acceptors (Lipinski definition) is 1. The minimum Gasteiger partial charge on any atom is -0.314 e. The van der Waals surface area contributed by atoms with Gasteiger partial charge >= 0.3 is 0 Å². The SMILES string of the molecule is Clc1cccc(C2CC(NCC3CC=CCC3)C2)c1. The lowest BCUT2D eigenvalue weighted by atomic mass is 9.75. The quantitative estimate of drug-likeness (QED) is 0.796. The summed E-state index contributed by atoms with van der Waals surface area (Å²) in [4.78, 5) is 0. The molecule has 1 fully saturated rings. The van der Waals surface area contributed by atoms with E-state index in [2.05, 4.69) is 35.7 Å². The Hall–Kier alpha value is -0.790. The van der Waals surface area contributed by atoms with Gasteiger partial charge in [-0.2, -0.15) is 0 Å². The third-order valence-corrected chi connectivity index (χ3v) is 4.77. The highest BCUT2D eigenvalue weighted by Gasteiger charge is 2.30. The Labute approximate surface area is 121 Å². The Bertz CT molecular complexity index is 448. The summed E-state index contributed by atoms with van der Waals surface area (Å²) < 4.78 is 0. The Kier molecular flexibility index (Phi) is 4.24. The summed E-state index contributed by atoms with van der Waals surface area (Å²) >= 11 is 6.05. The van der Waals surface area contributed by atoms with Gasteiger partial charge in [-0.05, 0) is 68.2 Å². The standard InChI is InChI=1S/C17H22ClN/c18-16-8-4-7-14(9-16)15-10-17(11-15)19-12-13-5-2-1-3-6-13/h1-2,4,7-9,13,15,17,19H,3,5-6,10-12H2. The van der Waals surface area contributed by atoms with Gasteiger partial charge in [-0.15, -0.1) is 0 Å². The molecule has 1 atom stereocenters. The van der Waals surface area contributed by atoms with E-state index in [1.165, 1.54) is 44.2 Å². The molecule has 0 spiro atoms. The van der Waals surface area contributed by atoms with Gasteiger partial charge in [0.05, 0.1) is 0 Å². The zero-order chi connectivity index (χ0) is 13.1. The van der Waals surface area contributed by atoms with Gasteiger partial charge in [0.15, 0.2) is 0 Å². The van der Waals surface area contributed by atoms with E-state index in [1.54, 1.807) is 0 Å². The minimum absolute atomic E-state index is 0.711. The molecule has 1 aromatic rings. The lowest BCUT2D eigenvalue weighted by molar-refractivity contribution is 0.271. The van der Waals surface area contributed by atoms with Crippen molar-refractivity contribution >= 4 is 11.6 Å². The molecule has 19 heavy (non-hydrogen) atoms. The summed E-state index contributed by atoms with van der Waals surface area (Å²) in [6, 6.07) is 9.06. The first-order chi connectivity index (χ1) is 9.31. The van der Waals surface area contributed by atoms with E-state index in [0.29, 0.717) is 5.92 Å². The van der Waals surface area contributed by atoms with Gasteiger partial charge in [0.25, 0.3) is 0 Å². The van der Waals surface area contributed by atoms with Gasteiger partial charge < -0.3 is 5.32 Å². The molecule has 1 saturated carbocycles. The maximum absolute atomic E-state index is 6.05. The molecule has 3 rings (SSSR count). The minimum atomic E-state index is 0.711. The van der Waals surface area contributed by atoms with Crippen LogP contribution in [0.5, 0.6) is 0 Å². The van der Waals surface area contributed by atoms with Crippen LogP contribution in [-0.4, -0.2) is 12.6 Å². The maximum Gasteiger partial charge on any atom is 0.0408 e. The Morgan fingerprint density at radius 2 is 2.11 bits per heavy atom. The second-order valence-electron chi connectivity index (χ2n) is 5.98. The topological polar surface area (TPSA) is 12.0 Å². The van der Waals surface area contributed by atoms with E-state index in [-0.39, 0.29) is 0 Å². The third-order valence-electron chi connectivity index (χ3n) is 4.53. The molecule has 1 aromatic carbocycles. The van der Waals surface area contributed by atoms with E-state index < -0.39 is 0 Å². The van der Waals surface area contributed by atoms with Crippen molar-refractivity contribution in [1.29, 1.82) is 0 Å². The van der Waals surface area contributed by atoms with Crippen molar-refractivity contribution in [3.8, 4) is 0 Å². The zero-order valence-electron chi connectivity index (χ0n) is 11.3. The van der Waals surface area contributed by atoms with E-state index >= 15 is 0 Å². The molecule has 0 aromatic heterocycles. The molecule has 0 bridgehead atoms. The van der Waals surface area contributed by atoms with Crippen LogP contribution in [0.15, 0.2) is 36.4 Å². The van der Waals surface area contributed by atoms with Crippen molar-refractivity contribution in [3.63, 3.8) is 0 Å². The zero-order valence-corrected chi connectivity index (χ0v) is 12.1. The molecular formula is C17H22ClN. The Balaban J connectivity index is 1.41. The van der Waals surface area contributed by atoms with Crippen molar-refractivity contribution in [1.82, 2.24) is 5.32 Å². The third kappa shape index (κ3) is 3.40. The second kappa shape index (κ2) is 6.11. The largest absolute Gasteiger partial charge is 0.314 e. The van der Waals surface area contributed by atoms with Crippen molar-refractivity contribution in [2.45, 2.75) is 44.1 Å². The predicted octanol–water partition coefficient (Wildman–Crippen LogP) is 4.53. The van der Waals surface area contributed by atoms with Gasteiger partial charge in [0.2, 0.25) is 0 Å². The van der Waals surface area contributed by atoms with Crippen molar-refractivity contribution in [3.05, 3.63) is 47.0 Å². The highest BCUT2D eigenvalue weighted by molar-refractivity contribution is 6.30. The number of halogens is 1. The summed E-state index contributed by atoms with van der Waals surface area (Å²) in [6.07, 6.45) is 11.1. The first-order valence-electron chi connectivity index (χ1n) is 7.45. The summed E-state index contributed by atoms with van der Waals surface area (Å²) in [5.41, 5.74) is 1.41. The van der Waals surface area contributed by atoms with Gasteiger partial charge in [-0.25, -0.2) is 0 Å². The van der Waals surface area contributed by atoms with Crippen molar-refractivity contribution < 1.29 is 0 Å². The molecule has 1 unspecified atom stereocenters. The predicted molar refractivity (Wildman–Crippen MR) is 81.7 cm³/mol. The van der Waals surface area contributed by atoms with Crippen LogP contribution >= 0.6 is 11.6 Å². The van der Waals surface area contributed by atoms with Gasteiger partial charge in [0, 0.05) is 11.1 Å². The number of rotatable bonds is 4. The summed E-state index contributed by atoms with van der Waals surface area (Å²) in [5.74, 6) is 1.57. The molecule has 0 heterocycles. The van der Waals surface area contributed by atoms with E-state index in [1.807, 2.05) is 6.07 Å².